The molecule has 1 heterocycles. The molecule has 7 nitrogen and oxygen atoms in total. The fourth-order valence-electron chi connectivity index (χ4n) is 1.98. The number of esters is 1. The first-order valence-corrected chi connectivity index (χ1v) is 5.67. The van der Waals surface area contributed by atoms with Gasteiger partial charge in [0, 0.05) is 21.0 Å². The summed E-state index contributed by atoms with van der Waals surface area (Å²) in [5, 5.41) is 12.6. The largest absolute Gasteiger partial charge is 0.457 e. The summed E-state index contributed by atoms with van der Waals surface area (Å²) >= 11 is 0. The Kier molecular flexibility index (Phi) is 5.06. The van der Waals surface area contributed by atoms with Gasteiger partial charge in [-0.15, -0.1) is 0 Å². The van der Waals surface area contributed by atoms with Crippen LogP contribution in [0.2, 0.25) is 0 Å². The van der Waals surface area contributed by atoms with Crippen LogP contribution in [0.3, 0.4) is 0 Å². The van der Waals surface area contributed by atoms with E-state index in [-0.39, 0.29) is 5.91 Å². The number of aliphatic hydroxyl groups is 1. The second kappa shape index (κ2) is 6.12. The number of ether oxygens (including phenoxy) is 3. The highest BCUT2D eigenvalue weighted by molar-refractivity contribution is 5.73. The first-order valence-electron chi connectivity index (χ1n) is 5.67. The first kappa shape index (κ1) is 14.9. The zero-order chi connectivity index (χ0) is 13.9. The van der Waals surface area contributed by atoms with Gasteiger partial charge in [0.05, 0.1) is 12.1 Å². The smallest absolute Gasteiger partial charge is 0.303 e. The van der Waals surface area contributed by atoms with E-state index < -0.39 is 36.6 Å². The van der Waals surface area contributed by atoms with E-state index in [1.165, 1.54) is 21.0 Å². The average molecular weight is 261 g/mol. The number of rotatable bonds is 3. The molecule has 0 radical (unpaired) electrons. The fraction of sp³-hybridized carbons (Fsp3) is 0.818. The maximum Gasteiger partial charge on any atom is 0.303 e. The van der Waals surface area contributed by atoms with Gasteiger partial charge in [0.15, 0.2) is 12.4 Å². The lowest BCUT2D eigenvalue weighted by Crippen LogP contribution is -2.64. The summed E-state index contributed by atoms with van der Waals surface area (Å²) in [5.41, 5.74) is 0. The average Bonchev–Trinajstić information content (AvgIpc) is 2.27. The maximum absolute atomic E-state index is 11.1. The summed E-state index contributed by atoms with van der Waals surface area (Å²) in [6.45, 7) is 4.26. The van der Waals surface area contributed by atoms with Gasteiger partial charge in [-0.05, 0) is 6.92 Å². The minimum Gasteiger partial charge on any atom is -0.457 e. The zero-order valence-electron chi connectivity index (χ0n) is 10.9. The highest BCUT2D eigenvalue weighted by Gasteiger charge is 2.46. The molecule has 5 atom stereocenters. The number of aliphatic hydroxyl groups excluding tert-OH is 1. The molecule has 7 heteroatoms. The van der Waals surface area contributed by atoms with Crippen molar-refractivity contribution in [1.29, 1.82) is 0 Å². The molecule has 1 rings (SSSR count). The van der Waals surface area contributed by atoms with Crippen LogP contribution in [0.4, 0.5) is 0 Å². The van der Waals surface area contributed by atoms with Crippen molar-refractivity contribution in [3.05, 3.63) is 0 Å². The summed E-state index contributed by atoms with van der Waals surface area (Å²) in [7, 11) is 1.39. The van der Waals surface area contributed by atoms with E-state index >= 15 is 0 Å². The van der Waals surface area contributed by atoms with Crippen molar-refractivity contribution in [2.75, 3.05) is 7.11 Å². The van der Waals surface area contributed by atoms with E-state index in [2.05, 4.69) is 5.32 Å². The Morgan fingerprint density at radius 1 is 1.33 bits per heavy atom. The molecule has 0 aromatic carbocycles. The van der Waals surface area contributed by atoms with Gasteiger partial charge < -0.3 is 24.6 Å². The Morgan fingerprint density at radius 3 is 2.39 bits per heavy atom. The SMILES string of the molecule is COC1OC(C)C(OC(C)=O)C(NC(C)=O)C1O. The standard InChI is InChI=1S/C11H19NO6/c1-5-10(18-7(3)14)8(12-6(2)13)9(15)11(16-4)17-5/h5,8-11,15H,1-4H3,(H,12,13). The second-order valence-electron chi connectivity index (χ2n) is 4.24. The van der Waals surface area contributed by atoms with Crippen molar-refractivity contribution >= 4 is 11.9 Å². The highest BCUT2D eigenvalue weighted by atomic mass is 16.7. The zero-order valence-corrected chi connectivity index (χ0v) is 10.9. The maximum atomic E-state index is 11.1. The van der Waals surface area contributed by atoms with Crippen LogP contribution in [0.1, 0.15) is 20.8 Å². The molecule has 0 bridgehead atoms. The normalized spacial score (nSPS) is 35.9. The Labute approximate surface area is 105 Å². The molecule has 1 aliphatic rings. The van der Waals surface area contributed by atoms with Gasteiger partial charge in [0.2, 0.25) is 5.91 Å². The fourth-order valence-corrected chi connectivity index (χ4v) is 1.98. The van der Waals surface area contributed by atoms with Crippen molar-refractivity contribution in [3.63, 3.8) is 0 Å². The number of hydrogen-bond donors (Lipinski definition) is 2. The monoisotopic (exact) mass is 261 g/mol. The molecule has 1 saturated heterocycles. The van der Waals surface area contributed by atoms with Crippen LogP contribution in [0.5, 0.6) is 0 Å². The quantitative estimate of drug-likeness (QED) is 0.644. The van der Waals surface area contributed by atoms with E-state index in [1.807, 2.05) is 0 Å². The van der Waals surface area contributed by atoms with Crippen molar-refractivity contribution in [3.8, 4) is 0 Å². The minimum absolute atomic E-state index is 0.333. The van der Waals surface area contributed by atoms with Crippen LogP contribution in [-0.4, -0.2) is 54.7 Å². The molecule has 0 aromatic rings. The van der Waals surface area contributed by atoms with Crippen LogP contribution in [0.15, 0.2) is 0 Å². The molecule has 0 saturated carbocycles. The van der Waals surface area contributed by atoms with Gasteiger partial charge in [-0.1, -0.05) is 0 Å². The summed E-state index contributed by atoms with van der Waals surface area (Å²) < 4.78 is 15.4. The second-order valence-corrected chi connectivity index (χ2v) is 4.24. The summed E-state index contributed by atoms with van der Waals surface area (Å²) in [6, 6.07) is -0.764. The number of hydrogen-bond acceptors (Lipinski definition) is 6. The van der Waals surface area contributed by atoms with E-state index in [4.69, 9.17) is 14.2 Å². The molecule has 0 spiro atoms. The number of carbonyl (C=O) groups is 2. The lowest BCUT2D eigenvalue weighted by atomic mass is 9.96. The van der Waals surface area contributed by atoms with Gasteiger partial charge in [-0.3, -0.25) is 9.59 Å². The summed E-state index contributed by atoms with van der Waals surface area (Å²) in [6.07, 6.45) is -3.24. The third-order valence-corrected chi connectivity index (χ3v) is 2.72. The Morgan fingerprint density at radius 2 is 1.94 bits per heavy atom. The van der Waals surface area contributed by atoms with E-state index in [9.17, 15) is 14.7 Å². The van der Waals surface area contributed by atoms with Crippen LogP contribution < -0.4 is 5.32 Å². The predicted octanol–water partition coefficient (Wildman–Crippen LogP) is -0.825. The molecule has 0 aromatic heterocycles. The van der Waals surface area contributed by atoms with Gasteiger partial charge in [-0.2, -0.15) is 0 Å². The van der Waals surface area contributed by atoms with Crippen molar-refractivity contribution in [2.24, 2.45) is 0 Å². The molecule has 1 fully saturated rings. The molecule has 5 unspecified atom stereocenters. The lowest BCUT2D eigenvalue weighted by molar-refractivity contribution is -0.265. The first-order chi connectivity index (χ1) is 8.36. The molecular weight excluding hydrogens is 242 g/mol. The molecule has 0 aliphatic carbocycles. The predicted molar refractivity (Wildman–Crippen MR) is 60.5 cm³/mol. The van der Waals surface area contributed by atoms with Gasteiger partial charge in [-0.25, -0.2) is 0 Å². The topological polar surface area (TPSA) is 94.1 Å². The number of nitrogens with one attached hydrogen (secondary N) is 1. The Hall–Kier alpha value is -1.18. The van der Waals surface area contributed by atoms with Crippen LogP contribution in [0.25, 0.3) is 0 Å². The van der Waals surface area contributed by atoms with Crippen molar-refractivity contribution < 1.29 is 28.9 Å². The lowest BCUT2D eigenvalue weighted by Gasteiger charge is -2.42. The highest BCUT2D eigenvalue weighted by Crippen LogP contribution is 2.24. The molecular formula is C11H19NO6. The number of carbonyl (C=O) groups excluding carboxylic acids is 2. The molecule has 2 N–H and O–H groups in total. The van der Waals surface area contributed by atoms with E-state index in [0.717, 1.165) is 0 Å². The number of amides is 1. The Balaban J connectivity index is 2.89. The van der Waals surface area contributed by atoms with Crippen LogP contribution in [0, 0.1) is 0 Å². The van der Waals surface area contributed by atoms with Gasteiger partial charge >= 0.3 is 5.97 Å². The molecule has 18 heavy (non-hydrogen) atoms. The minimum atomic E-state index is -1.11. The summed E-state index contributed by atoms with van der Waals surface area (Å²) in [5.74, 6) is -0.839. The van der Waals surface area contributed by atoms with Gasteiger partial charge in [0.1, 0.15) is 6.10 Å². The third kappa shape index (κ3) is 3.41. The van der Waals surface area contributed by atoms with E-state index in [0.29, 0.717) is 0 Å². The third-order valence-electron chi connectivity index (χ3n) is 2.72. The molecule has 104 valence electrons. The van der Waals surface area contributed by atoms with Gasteiger partial charge in [0.25, 0.3) is 0 Å². The van der Waals surface area contributed by atoms with E-state index in [1.54, 1.807) is 6.92 Å². The van der Waals surface area contributed by atoms with Crippen LogP contribution >= 0.6 is 0 Å². The Bertz CT molecular complexity index is 321. The van der Waals surface area contributed by atoms with Crippen molar-refractivity contribution in [1.82, 2.24) is 5.32 Å². The number of methoxy groups -OCH3 is 1. The van der Waals surface area contributed by atoms with Crippen molar-refractivity contribution in [2.45, 2.75) is 51.4 Å². The van der Waals surface area contributed by atoms with Crippen LogP contribution in [-0.2, 0) is 23.8 Å². The molecule has 1 aliphatic heterocycles. The summed E-state index contributed by atoms with van der Waals surface area (Å²) in [4.78, 5) is 22.2. The molecule has 1 amide bonds.